The van der Waals surface area contributed by atoms with Crippen LogP contribution in [-0.2, 0) is 10.0 Å². The summed E-state index contributed by atoms with van der Waals surface area (Å²) in [5.41, 5.74) is 0.697. The molecule has 16 heavy (non-hydrogen) atoms. The molecule has 5 heteroatoms. The molecule has 0 saturated carbocycles. The van der Waals surface area contributed by atoms with Crippen LogP contribution in [0, 0.1) is 0 Å². The fourth-order valence-corrected chi connectivity index (χ4v) is 3.18. The number of hydrogen-bond donors (Lipinski definition) is 2. The molecule has 4 nitrogen and oxygen atoms in total. The van der Waals surface area contributed by atoms with Crippen molar-refractivity contribution in [1.82, 2.24) is 4.72 Å². The van der Waals surface area contributed by atoms with Crippen LogP contribution in [-0.4, -0.2) is 14.6 Å². The highest BCUT2D eigenvalue weighted by Gasteiger charge is 2.27. The van der Waals surface area contributed by atoms with Gasteiger partial charge < -0.3 is 5.32 Å². The van der Waals surface area contributed by atoms with Gasteiger partial charge in [-0.2, -0.15) is 4.72 Å². The van der Waals surface area contributed by atoms with Crippen LogP contribution in [0.1, 0.15) is 26.2 Å². The van der Waals surface area contributed by atoms with Crippen molar-refractivity contribution in [2.75, 3.05) is 5.32 Å². The van der Waals surface area contributed by atoms with Crippen LogP contribution in [0.4, 0.5) is 5.69 Å². The van der Waals surface area contributed by atoms with Crippen molar-refractivity contribution in [1.29, 1.82) is 0 Å². The van der Waals surface area contributed by atoms with Crippen molar-refractivity contribution >= 4 is 15.7 Å². The van der Waals surface area contributed by atoms with Crippen molar-refractivity contribution in [2.24, 2.45) is 0 Å². The molecule has 1 aliphatic heterocycles. The third kappa shape index (κ3) is 2.20. The molecule has 0 radical (unpaired) electrons. The Hall–Kier alpha value is -1.07. The van der Waals surface area contributed by atoms with Crippen LogP contribution >= 0.6 is 0 Å². The van der Waals surface area contributed by atoms with Crippen LogP contribution in [0.5, 0.6) is 0 Å². The molecule has 2 rings (SSSR count). The first-order chi connectivity index (χ1) is 7.63. The van der Waals surface area contributed by atoms with Gasteiger partial charge in [-0.3, -0.25) is 0 Å². The highest BCUT2D eigenvalue weighted by molar-refractivity contribution is 7.89. The Kier molecular flexibility index (Phi) is 3.16. The number of sulfonamides is 1. The third-order valence-electron chi connectivity index (χ3n) is 2.65. The minimum atomic E-state index is -3.33. The third-order valence-corrected chi connectivity index (χ3v) is 4.18. The maximum absolute atomic E-state index is 11.9. The predicted molar refractivity (Wildman–Crippen MR) is 63.7 cm³/mol. The maximum Gasteiger partial charge on any atom is 0.244 e. The molecule has 0 aliphatic carbocycles. The van der Waals surface area contributed by atoms with Gasteiger partial charge >= 0.3 is 0 Å². The van der Waals surface area contributed by atoms with Crippen LogP contribution in [0.25, 0.3) is 0 Å². The van der Waals surface area contributed by atoms with Gasteiger partial charge in [0.05, 0.1) is 11.9 Å². The van der Waals surface area contributed by atoms with E-state index in [2.05, 4.69) is 17.0 Å². The van der Waals surface area contributed by atoms with Gasteiger partial charge in [0.2, 0.25) is 10.0 Å². The zero-order valence-corrected chi connectivity index (χ0v) is 10.0. The minimum Gasteiger partial charge on any atom is -0.368 e. The summed E-state index contributed by atoms with van der Waals surface area (Å²) in [5, 5.41) is 3.20. The molecule has 2 N–H and O–H groups in total. The summed E-state index contributed by atoms with van der Waals surface area (Å²) in [4.78, 5) is 0.336. The number of para-hydroxylation sites is 1. The van der Waals surface area contributed by atoms with Gasteiger partial charge in [0.25, 0.3) is 0 Å². The highest BCUT2D eigenvalue weighted by atomic mass is 32.2. The molecule has 1 aromatic carbocycles. The lowest BCUT2D eigenvalue weighted by Crippen LogP contribution is -2.44. The largest absolute Gasteiger partial charge is 0.368 e. The number of fused-ring (bicyclic) bond motifs is 1. The fraction of sp³-hybridized carbons (Fsp3) is 0.455. The SMILES string of the molecule is CCCC[C@@H]1Nc2ccccc2S(=O)(=O)N1. The molecular formula is C11H16N2O2S. The van der Waals surface area contributed by atoms with Gasteiger partial charge in [0.15, 0.2) is 0 Å². The molecule has 0 unspecified atom stereocenters. The molecule has 1 atom stereocenters. The quantitative estimate of drug-likeness (QED) is 0.848. The van der Waals surface area contributed by atoms with Gasteiger partial charge in [-0.15, -0.1) is 0 Å². The van der Waals surface area contributed by atoms with Crippen molar-refractivity contribution in [3.63, 3.8) is 0 Å². The van der Waals surface area contributed by atoms with Crippen molar-refractivity contribution < 1.29 is 8.42 Å². The molecule has 0 amide bonds. The standard InChI is InChI=1S/C11H16N2O2S/c1-2-3-8-11-12-9-6-4-5-7-10(9)16(14,15)13-11/h4-7,11-13H,2-3,8H2,1H3/t11-/m1/s1. The number of nitrogens with one attached hydrogen (secondary N) is 2. The first-order valence-electron chi connectivity index (χ1n) is 5.51. The number of unbranched alkanes of at least 4 members (excludes halogenated alkanes) is 1. The minimum absolute atomic E-state index is 0.181. The van der Waals surface area contributed by atoms with Crippen LogP contribution in [0.2, 0.25) is 0 Å². The van der Waals surface area contributed by atoms with Gasteiger partial charge in [-0.05, 0) is 18.6 Å². The lowest BCUT2D eigenvalue weighted by Gasteiger charge is -2.27. The average Bonchev–Trinajstić information content (AvgIpc) is 2.25. The second kappa shape index (κ2) is 4.43. The van der Waals surface area contributed by atoms with Crippen LogP contribution < -0.4 is 10.0 Å². The first-order valence-corrected chi connectivity index (χ1v) is 6.99. The number of hydrogen-bond acceptors (Lipinski definition) is 3. The van der Waals surface area contributed by atoms with E-state index in [0.717, 1.165) is 19.3 Å². The Bertz CT molecular complexity index is 471. The van der Waals surface area contributed by atoms with E-state index in [1.165, 1.54) is 0 Å². The molecule has 88 valence electrons. The maximum atomic E-state index is 11.9. The monoisotopic (exact) mass is 240 g/mol. The van der Waals surface area contributed by atoms with Gasteiger partial charge in [-0.25, -0.2) is 8.42 Å². The van der Waals surface area contributed by atoms with E-state index in [-0.39, 0.29) is 6.17 Å². The van der Waals surface area contributed by atoms with E-state index >= 15 is 0 Å². The van der Waals surface area contributed by atoms with E-state index in [9.17, 15) is 8.42 Å². The Morgan fingerprint density at radius 3 is 2.81 bits per heavy atom. The summed E-state index contributed by atoms with van der Waals surface area (Å²) in [6, 6.07) is 6.98. The topological polar surface area (TPSA) is 58.2 Å². The Labute approximate surface area is 96.1 Å². The second-order valence-corrected chi connectivity index (χ2v) is 5.64. The summed E-state index contributed by atoms with van der Waals surface area (Å²) in [6.45, 7) is 2.09. The molecule has 0 bridgehead atoms. The summed E-state index contributed by atoms with van der Waals surface area (Å²) >= 11 is 0. The van der Waals surface area contributed by atoms with Crippen LogP contribution in [0.3, 0.4) is 0 Å². The number of benzene rings is 1. The fourth-order valence-electron chi connectivity index (χ4n) is 1.83. The Morgan fingerprint density at radius 1 is 1.31 bits per heavy atom. The number of rotatable bonds is 3. The Balaban J connectivity index is 2.27. The van der Waals surface area contributed by atoms with E-state index < -0.39 is 10.0 Å². The van der Waals surface area contributed by atoms with E-state index in [0.29, 0.717) is 10.6 Å². The molecule has 0 aromatic heterocycles. The lowest BCUT2D eigenvalue weighted by molar-refractivity contribution is 0.531. The summed E-state index contributed by atoms with van der Waals surface area (Å²) < 4.78 is 26.4. The van der Waals surface area contributed by atoms with Gasteiger partial charge in [0.1, 0.15) is 4.90 Å². The molecule has 1 aromatic rings. The summed E-state index contributed by atoms with van der Waals surface area (Å²) in [5.74, 6) is 0. The Morgan fingerprint density at radius 2 is 2.06 bits per heavy atom. The smallest absolute Gasteiger partial charge is 0.244 e. The van der Waals surface area contributed by atoms with E-state index in [4.69, 9.17) is 0 Å². The first kappa shape index (κ1) is 11.4. The normalized spacial score (nSPS) is 22.2. The predicted octanol–water partition coefficient (Wildman–Crippen LogP) is 1.91. The molecule has 0 spiro atoms. The van der Waals surface area contributed by atoms with Gasteiger partial charge in [0, 0.05) is 0 Å². The van der Waals surface area contributed by atoms with Crippen molar-refractivity contribution in [3.8, 4) is 0 Å². The highest BCUT2D eigenvalue weighted by Crippen LogP contribution is 2.26. The molecule has 1 aliphatic rings. The summed E-state index contributed by atoms with van der Waals surface area (Å²) in [6.07, 6.45) is 2.69. The van der Waals surface area contributed by atoms with E-state index in [1.54, 1.807) is 18.2 Å². The molecule has 0 fully saturated rings. The van der Waals surface area contributed by atoms with E-state index in [1.807, 2.05) is 6.07 Å². The summed E-state index contributed by atoms with van der Waals surface area (Å²) in [7, 11) is -3.33. The number of anilines is 1. The van der Waals surface area contributed by atoms with Crippen LogP contribution in [0.15, 0.2) is 29.2 Å². The lowest BCUT2D eigenvalue weighted by atomic mass is 10.2. The van der Waals surface area contributed by atoms with Gasteiger partial charge in [-0.1, -0.05) is 31.9 Å². The second-order valence-electron chi connectivity index (χ2n) is 3.96. The molecule has 0 saturated heterocycles. The van der Waals surface area contributed by atoms with Crippen molar-refractivity contribution in [3.05, 3.63) is 24.3 Å². The molecular weight excluding hydrogens is 224 g/mol. The van der Waals surface area contributed by atoms with Crippen molar-refractivity contribution in [2.45, 2.75) is 37.2 Å². The average molecular weight is 240 g/mol. The molecule has 1 heterocycles. The zero-order valence-electron chi connectivity index (χ0n) is 9.23. The zero-order chi connectivity index (χ0) is 11.6.